The molecule has 0 saturated carbocycles. The smallest absolute Gasteiger partial charge is 0.300 e. The first-order valence-electron chi connectivity index (χ1n) is 4.67. The predicted octanol–water partition coefficient (Wildman–Crippen LogP) is 1.65. The van der Waals surface area contributed by atoms with E-state index in [4.69, 9.17) is 6.42 Å². The summed E-state index contributed by atoms with van der Waals surface area (Å²) in [6, 6.07) is 9.20. The van der Waals surface area contributed by atoms with Gasteiger partial charge in [-0.2, -0.15) is 5.10 Å². The summed E-state index contributed by atoms with van der Waals surface area (Å²) in [5.74, 6) is 1.54. The third kappa shape index (κ3) is 2.10. The molecule has 0 atom stereocenters. The van der Waals surface area contributed by atoms with Crippen LogP contribution in [-0.4, -0.2) is 16.1 Å². The zero-order valence-corrected chi connectivity index (χ0v) is 8.40. The first kappa shape index (κ1) is 9.99. The first-order valence-corrected chi connectivity index (χ1v) is 4.67. The van der Waals surface area contributed by atoms with Gasteiger partial charge >= 0.3 is 0 Å². The van der Waals surface area contributed by atoms with Gasteiger partial charge in [0, 0.05) is 17.4 Å². The lowest BCUT2D eigenvalue weighted by Gasteiger charge is -2.03. The average molecular weight is 211 g/mol. The number of benzene rings is 1. The molecule has 4 nitrogen and oxygen atoms in total. The molecule has 0 bridgehead atoms. The Morgan fingerprint density at radius 1 is 1.44 bits per heavy atom. The van der Waals surface area contributed by atoms with Crippen molar-refractivity contribution in [2.45, 2.75) is 0 Å². The van der Waals surface area contributed by atoms with E-state index in [0.717, 1.165) is 11.3 Å². The second-order valence-electron chi connectivity index (χ2n) is 3.15. The van der Waals surface area contributed by atoms with Gasteiger partial charge in [-0.1, -0.05) is 12.1 Å². The van der Waals surface area contributed by atoms with E-state index in [1.165, 1.54) is 0 Å². The van der Waals surface area contributed by atoms with Crippen LogP contribution in [0.1, 0.15) is 0 Å². The number of carbonyl (C=O) groups excluding carboxylic acids is 1. The van der Waals surface area contributed by atoms with E-state index in [9.17, 15) is 4.79 Å². The molecular formula is C12H9N3O. The van der Waals surface area contributed by atoms with Gasteiger partial charge in [0.05, 0.1) is 5.69 Å². The highest BCUT2D eigenvalue weighted by atomic mass is 16.1. The normalized spacial score (nSPS) is 9.44. The zero-order valence-electron chi connectivity index (χ0n) is 8.40. The largest absolute Gasteiger partial charge is 0.315 e. The van der Waals surface area contributed by atoms with Crippen molar-refractivity contribution in [3.8, 4) is 23.6 Å². The minimum Gasteiger partial charge on any atom is -0.315 e. The molecule has 2 N–H and O–H groups in total. The Hall–Kier alpha value is -2.54. The molecule has 2 rings (SSSR count). The van der Waals surface area contributed by atoms with E-state index in [1.54, 1.807) is 12.3 Å². The van der Waals surface area contributed by atoms with Crippen molar-refractivity contribution in [1.82, 2.24) is 10.2 Å². The molecule has 0 unspecified atom stereocenters. The van der Waals surface area contributed by atoms with Gasteiger partial charge in [0.2, 0.25) is 0 Å². The van der Waals surface area contributed by atoms with E-state index in [0.29, 0.717) is 5.69 Å². The van der Waals surface area contributed by atoms with Crippen LogP contribution in [0.25, 0.3) is 11.3 Å². The monoisotopic (exact) mass is 211 g/mol. The summed E-state index contributed by atoms with van der Waals surface area (Å²) in [4.78, 5) is 11.0. The van der Waals surface area contributed by atoms with Crippen LogP contribution in [0.2, 0.25) is 0 Å². The van der Waals surface area contributed by atoms with Crippen LogP contribution in [0.15, 0.2) is 36.5 Å². The van der Waals surface area contributed by atoms with Gasteiger partial charge < -0.3 is 5.32 Å². The van der Waals surface area contributed by atoms with Crippen molar-refractivity contribution < 1.29 is 4.79 Å². The second kappa shape index (κ2) is 4.32. The Bertz CT molecular complexity index is 538. The van der Waals surface area contributed by atoms with Gasteiger partial charge in [0.1, 0.15) is 0 Å². The van der Waals surface area contributed by atoms with Crippen molar-refractivity contribution in [2.24, 2.45) is 0 Å². The van der Waals surface area contributed by atoms with E-state index < -0.39 is 5.91 Å². The van der Waals surface area contributed by atoms with E-state index in [1.807, 2.05) is 30.2 Å². The lowest BCUT2D eigenvalue weighted by molar-refractivity contribution is -0.111. The SMILES string of the molecule is C#CC(=O)Nc1cccc(-c2ccn[nH]2)c1. The molecule has 0 aliphatic carbocycles. The number of hydrogen-bond donors (Lipinski definition) is 2. The summed E-state index contributed by atoms with van der Waals surface area (Å²) < 4.78 is 0. The molecule has 1 aromatic heterocycles. The summed E-state index contributed by atoms with van der Waals surface area (Å²) in [6.45, 7) is 0. The number of nitrogens with zero attached hydrogens (tertiary/aromatic N) is 1. The van der Waals surface area contributed by atoms with Gasteiger partial charge in [-0.3, -0.25) is 9.89 Å². The highest BCUT2D eigenvalue weighted by molar-refractivity contribution is 6.03. The minimum absolute atomic E-state index is 0.457. The molecule has 1 amide bonds. The van der Waals surface area contributed by atoms with Gasteiger partial charge in [0.25, 0.3) is 5.91 Å². The number of aromatic nitrogens is 2. The lowest BCUT2D eigenvalue weighted by Crippen LogP contribution is -2.07. The maximum atomic E-state index is 11.0. The molecule has 2 aromatic rings. The Labute approximate surface area is 92.7 Å². The molecule has 0 spiro atoms. The van der Waals surface area contributed by atoms with Crippen LogP contribution in [0.4, 0.5) is 5.69 Å². The number of terminal acetylenes is 1. The summed E-state index contributed by atoms with van der Waals surface area (Å²) in [6.07, 6.45) is 6.64. The Balaban J connectivity index is 2.27. The third-order valence-electron chi connectivity index (χ3n) is 2.06. The maximum Gasteiger partial charge on any atom is 0.300 e. The molecule has 0 saturated heterocycles. The van der Waals surface area contributed by atoms with Crippen LogP contribution in [-0.2, 0) is 4.79 Å². The van der Waals surface area contributed by atoms with Gasteiger partial charge in [-0.15, -0.1) is 6.42 Å². The van der Waals surface area contributed by atoms with Crippen molar-refractivity contribution >= 4 is 11.6 Å². The topological polar surface area (TPSA) is 57.8 Å². The van der Waals surface area contributed by atoms with Crippen molar-refractivity contribution in [3.05, 3.63) is 36.5 Å². The number of hydrogen-bond acceptors (Lipinski definition) is 2. The van der Waals surface area contributed by atoms with Gasteiger partial charge in [0.15, 0.2) is 0 Å². The number of nitrogens with one attached hydrogen (secondary N) is 2. The van der Waals surface area contributed by atoms with Crippen LogP contribution in [0, 0.1) is 12.3 Å². The molecule has 0 fully saturated rings. The average Bonchev–Trinajstić information content (AvgIpc) is 2.83. The number of amides is 1. The highest BCUT2D eigenvalue weighted by Gasteiger charge is 2.01. The van der Waals surface area contributed by atoms with Crippen LogP contribution < -0.4 is 5.32 Å². The summed E-state index contributed by atoms with van der Waals surface area (Å²) in [5, 5.41) is 9.29. The number of anilines is 1. The fourth-order valence-electron chi connectivity index (χ4n) is 1.35. The van der Waals surface area contributed by atoms with E-state index in [-0.39, 0.29) is 0 Å². The lowest BCUT2D eigenvalue weighted by atomic mass is 10.1. The number of carbonyl (C=O) groups is 1. The Morgan fingerprint density at radius 3 is 3.00 bits per heavy atom. The molecule has 0 aliphatic heterocycles. The third-order valence-corrected chi connectivity index (χ3v) is 2.06. The highest BCUT2D eigenvalue weighted by Crippen LogP contribution is 2.19. The van der Waals surface area contributed by atoms with E-state index >= 15 is 0 Å². The number of aromatic amines is 1. The predicted molar refractivity (Wildman–Crippen MR) is 61.5 cm³/mol. The molecule has 1 aromatic carbocycles. The number of rotatable bonds is 2. The summed E-state index contributed by atoms with van der Waals surface area (Å²) >= 11 is 0. The Kier molecular flexibility index (Phi) is 2.70. The first-order chi connectivity index (χ1) is 7.79. The molecule has 0 aliphatic rings. The molecular weight excluding hydrogens is 202 g/mol. The molecule has 78 valence electrons. The van der Waals surface area contributed by atoms with E-state index in [2.05, 4.69) is 15.5 Å². The van der Waals surface area contributed by atoms with Crippen LogP contribution in [0.5, 0.6) is 0 Å². The second-order valence-corrected chi connectivity index (χ2v) is 3.15. The number of H-pyrrole nitrogens is 1. The van der Waals surface area contributed by atoms with Gasteiger partial charge in [-0.25, -0.2) is 0 Å². The quantitative estimate of drug-likeness (QED) is 0.742. The van der Waals surface area contributed by atoms with Crippen LogP contribution in [0.3, 0.4) is 0 Å². The fourth-order valence-corrected chi connectivity index (χ4v) is 1.35. The van der Waals surface area contributed by atoms with Gasteiger partial charge in [-0.05, 0) is 24.1 Å². The van der Waals surface area contributed by atoms with Crippen molar-refractivity contribution in [1.29, 1.82) is 0 Å². The molecule has 0 radical (unpaired) electrons. The Morgan fingerprint density at radius 2 is 2.31 bits per heavy atom. The molecule has 4 heteroatoms. The summed E-state index contributed by atoms with van der Waals surface area (Å²) in [7, 11) is 0. The van der Waals surface area contributed by atoms with Crippen molar-refractivity contribution in [2.75, 3.05) is 5.32 Å². The standard InChI is InChI=1S/C12H9N3O/c1-2-12(16)14-10-5-3-4-9(8-10)11-6-7-13-15-11/h1,3-8H,(H,13,15)(H,14,16). The van der Waals surface area contributed by atoms with Crippen molar-refractivity contribution in [3.63, 3.8) is 0 Å². The zero-order chi connectivity index (χ0) is 11.4. The molecule has 16 heavy (non-hydrogen) atoms. The molecule has 1 heterocycles. The minimum atomic E-state index is -0.457. The summed E-state index contributed by atoms with van der Waals surface area (Å²) in [5.41, 5.74) is 2.49. The maximum absolute atomic E-state index is 11.0. The van der Waals surface area contributed by atoms with Crippen LogP contribution >= 0.6 is 0 Å². The fraction of sp³-hybridized carbons (Fsp3) is 0.